The van der Waals surface area contributed by atoms with Crippen LogP contribution in [0.5, 0.6) is 0 Å². The zero-order chi connectivity index (χ0) is 14.7. The van der Waals surface area contributed by atoms with E-state index in [0.29, 0.717) is 0 Å². The molecule has 2 rings (SSSR count). The minimum absolute atomic E-state index is 0.205. The molecule has 0 aliphatic rings. The standard InChI is InChI=1S/C16H19Cl2NS/c1-4-19-14(13-9-15(17)20-16(13)18)8-12-7-10(2)5-6-11(12)3/h5-7,9,14,19H,4,8H2,1-3H3. The molecule has 0 bridgehead atoms. The lowest BCUT2D eigenvalue weighted by atomic mass is 9.96. The van der Waals surface area contributed by atoms with E-state index in [9.17, 15) is 0 Å². The van der Waals surface area contributed by atoms with Crippen LogP contribution in [0.2, 0.25) is 8.67 Å². The van der Waals surface area contributed by atoms with E-state index in [2.05, 4.69) is 44.3 Å². The van der Waals surface area contributed by atoms with Crippen molar-refractivity contribution in [3.8, 4) is 0 Å². The molecule has 4 heteroatoms. The minimum Gasteiger partial charge on any atom is -0.310 e. The van der Waals surface area contributed by atoms with Crippen LogP contribution < -0.4 is 5.32 Å². The molecule has 1 atom stereocenters. The average molecular weight is 328 g/mol. The molecule has 1 aromatic heterocycles. The van der Waals surface area contributed by atoms with Crippen molar-refractivity contribution in [1.82, 2.24) is 5.32 Å². The Bertz CT molecular complexity index is 592. The third-order valence-electron chi connectivity index (χ3n) is 3.44. The SMILES string of the molecule is CCNC(Cc1cc(C)ccc1C)c1cc(Cl)sc1Cl. The van der Waals surface area contributed by atoms with Crippen LogP contribution >= 0.6 is 34.5 Å². The van der Waals surface area contributed by atoms with Crippen molar-refractivity contribution in [1.29, 1.82) is 0 Å². The zero-order valence-corrected chi connectivity index (χ0v) is 14.3. The number of aryl methyl sites for hydroxylation is 2. The molecule has 1 nitrogen and oxygen atoms in total. The van der Waals surface area contributed by atoms with E-state index in [-0.39, 0.29) is 6.04 Å². The van der Waals surface area contributed by atoms with Gasteiger partial charge in [-0.1, -0.05) is 53.9 Å². The number of thiophene rings is 1. The number of halogens is 2. The normalized spacial score (nSPS) is 12.7. The quantitative estimate of drug-likeness (QED) is 0.757. The maximum absolute atomic E-state index is 6.31. The third-order valence-corrected chi connectivity index (χ3v) is 4.96. The highest BCUT2D eigenvalue weighted by atomic mass is 35.5. The Morgan fingerprint density at radius 2 is 1.95 bits per heavy atom. The second-order valence-electron chi connectivity index (χ2n) is 5.02. The fraction of sp³-hybridized carbons (Fsp3) is 0.375. The first kappa shape index (κ1) is 15.8. The van der Waals surface area contributed by atoms with E-state index in [0.717, 1.165) is 27.2 Å². The van der Waals surface area contributed by atoms with Crippen LogP contribution in [0.4, 0.5) is 0 Å². The highest BCUT2D eigenvalue weighted by Gasteiger charge is 2.18. The van der Waals surface area contributed by atoms with Gasteiger partial charge in [-0.3, -0.25) is 0 Å². The third kappa shape index (κ3) is 3.76. The molecule has 0 aliphatic heterocycles. The van der Waals surface area contributed by atoms with Gasteiger partial charge in [-0.05, 0) is 44.0 Å². The first-order chi connectivity index (χ1) is 9.51. The van der Waals surface area contributed by atoms with Gasteiger partial charge in [0, 0.05) is 11.6 Å². The van der Waals surface area contributed by atoms with Crippen molar-refractivity contribution in [2.45, 2.75) is 33.2 Å². The van der Waals surface area contributed by atoms with E-state index >= 15 is 0 Å². The Hall–Kier alpha value is -0.540. The van der Waals surface area contributed by atoms with Crippen LogP contribution in [-0.2, 0) is 6.42 Å². The maximum Gasteiger partial charge on any atom is 0.0992 e. The molecule has 1 unspecified atom stereocenters. The smallest absolute Gasteiger partial charge is 0.0992 e. The molecule has 1 N–H and O–H groups in total. The molecule has 1 heterocycles. The van der Waals surface area contributed by atoms with Crippen LogP contribution in [0.15, 0.2) is 24.3 Å². The van der Waals surface area contributed by atoms with Crippen LogP contribution in [0.25, 0.3) is 0 Å². The zero-order valence-electron chi connectivity index (χ0n) is 12.0. The second-order valence-corrected chi connectivity index (χ2v) is 7.31. The molecule has 1 aromatic carbocycles. The van der Waals surface area contributed by atoms with Crippen molar-refractivity contribution >= 4 is 34.5 Å². The number of likely N-dealkylation sites (N-methyl/N-ethyl adjacent to an activating group) is 1. The predicted molar refractivity (Wildman–Crippen MR) is 90.4 cm³/mol. The largest absolute Gasteiger partial charge is 0.310 e. The molecule has 0 spiro atoms. The van der Waals surface area contributed by atoms with Gasteiger partial charge in [-0.2, -0.15) is 0 Å². The fourth-order valence-corrected chi connectivity index (χ4v) is 3.95. The van der Waals surface area contributed by atoms with Crippen LogP contribution in [0.1, 0.15) is 35.2 Å². The summed E-state index contributed by atoms with van der Waals surface area (Å²) >= 11 is 13.8. The molecule has 2 aromatic rings. The molecule has 0 saturated carbocycles. The monoisotopic (exact) mass is 327 g/mol. The van der Waals surface area contributed by atoms with Crippen molar-refractivity contribution in [2.75, 3.05) is 6.54 Å². The Morgan fingerprint density at radius 3 is 2.55 bits per heavy atom. The summed E-state index contributed by atoms with van der Waals surface area (Å²) < 4.78 is 1.53. The predicted octanol–water partition coefficient (Wildman–Crippen LogP) is 5.57. The summed E-state index contributed by atoms with van der Waals surface area (Å²) in [5.41, 5.74) is 5.06. The summed E-state index contributed by atoms with van der Waals surface area (Å²) in [4.78, 5) is 0. The highest BCUT2D eigenvalue weighted by Crippen LogP contribution is 2.36. The van der Waals surface area contributed by atoms with Gasteiger partial charge in [0.05, 0.1) is 8.67 Å². The lowest BCUT2D eigenvalue weighted by Gasteiger charge is -2.19. The first-order valence-electron chi connectivity index (χ1n) is 6.75. The Kier molecular flexibility index (Phi) is 5.50. The van der Waals surface area contributed by atoms with E-state index < -0.39 is 0 Å². The molecule has 0 fully saturated rings. The number of rotatable bonds is 5. The molecule has 108 valence electrons. The average Bonchev–Trinajstić information content (AvgIpc) is 2.72. The summed E-state index contributed by atoms with van der Waals surface area (Å²) in [5, 5.41) is 3.51. The topological polar surface area (TPSA) is 12.0 Å². The van der Waals surface area contributed by atoms with Gasteiger partial charge in [0.1, 0.15) is 0 Å². The lowest BCUT2D eigenvalue weighted by Crippen LogP contribution is -2.23. The molecular weight excluding hydrogens is 309 g/mol. The van der Waals surface area contributed by atoms with Gasteiger partial charge in [-0.15, -0.1) is 11.3 Å². The van der Waals surface area contributed by atoms with Gasteiger partial charge in [-0.25, -0.2) is 0 Å². The Balaban J connectivity index is 2.30. The van der Waals surface area contributed by atoms with Crippen molar-refractivity contribution in [3.05, 3.63) is 55.2 Å². The van der Waals surface area contributed by atoms with Crippen molar-refractivity contribution in [2.24, 2.45) is 0 Å². The van der Waals surface area contributed by atoms with Crippen LogP contribution in [0.3, 0.4) is 0 Å². The van der Waals surface area contributed by atoms with E-state index in [1.54, 1.807) is 0 Å². The van der Waals surface area contributed by atoms with E-state index in [4.69, 9.17) is 23.2 Å². The molecule has 20 heavy (non-hydrogen) atoms. The highest BCUT2D eigenvalue weighted by molar-refractivity contribution is 7.20. The van der Waals surface area contributed by atoms with E-state index in [1.807, 2.05) is 6.07 Å². The van der Waals surface area contributed by atoms with Crippen LogP contribution in [-0.4, -0.2) is 6.54 Å². The van der Waals surface area contributed by atoms with Crippen molar-refractivity contribution in [3.63, 3.8) is 0 Å². The fourth-order valence-electron chi connectivity index (χ4n) is 2.37. The molecule has 0 radical (unpaired) electrons. The second kappa shape index (κ2) is 6.95. The summed E-state index contributed by atoms with van der Waals surface area (Å²) in [5.74, 6) is 0. The molecule has 0 saturated heterocycles. The van der Waals surface area contributed by atoms with Crippen LogP contribution in [0, 0.1) is 13.8 Å². The lowest BCUT2D eigenvalue weighted by molar-refractivity contribution is 0.550. The van der Waals surface area contributed by atoms with Crippen molar-refractivity contribution < 1.29 is 0 Å². The van der Waals surface area contributed by atoms with Gasteiger partial charge in [0.25, 0.3) is 0 Å². The van der Waals surface area contributed by atoms with Gasteiger partial charge in [0.15, 0.2) is 0 Å². The Labute approximate surface area is 134 Å². The molecule has 0 amide bonds. The molecular formula is C16H19Cl2NS. The number of benzene rings is 1. The van der Waals surface area contributed by atoms with E-state index in [1.165, 1.54) is 28.0 Å². The summed E-state index contributed by atoms with van der Waals surface area (Å²) in [6.45, 7) is 7.29. The summed E-state index contributed by atoms with van der Waals surface area (Å²) in [6.07, 6.45) is 0.925. The summed E-state index contributed by atoms with van der Waals surface area (Å²) in [6, 6.07) is 8.76. The van der Waals surface area contributed by atoms with Gasteiger partial charge >= 0.3 is 0 Å². The summed E-state index contributed by atoms with van der Waals surface area (Å²) in [7, 11) is 0. The Morgan fingerprint density at radius 1 is 1.20 bits per heavy atom. The molecule has 0 aliphatic carbocycles. The van der Waals surface area contributed by atoms with Gasteiger partial charge in [0.2, 0.25) is 0 Å². The number of nitrogens with one attached hydrogen (secondary N) is 1. The number of hydrogen-bond donors (Lipinski definition) is 1. The van der Waals surface area contributed by atoms with Gasteiger partial charge < -0.3 is 5.32 Å². The first-order valence-corrected chi connectivity index (χ1v) is 8.32. The minimum atomic E-state index is 0.205. The number of hydrogen-bond acceptors (Lipinski definition) is 2. The maximum atomic E-state index is 6.31.